The Labute approximate surface area is 107 Å². The highest BCUT2D eigenvalue weighted by atomic mass is 35.6. The molecule has 1 atom stereocenters. The molecule has 15 heavy (non-hydrogen) atoms. The molecule has 1 N–H and O–H groups in total. The van der Waals surface area contributed by atoms with Crippen LogP contribution in [0.25, 0.3) is 0 Å². The third-order valence-corrected chi connectivity index (χ3v) is 3.01. The maximum absolute atomic E-state index is 11.5. The van der Waals surface area contributed by atoms with Gasteiger partial charge in [-0.05, 0) is 12.1 Å². The summed E-state index contributed by atoms with van der Waals surface area (Å²) in [5.41, 5.74) is -0.618. The van der Waals surface area contributed by atoms with E-state index in [1.807, 2.05) is 0 Å². The average Bonchev–Trinajstić information content (AvgIpc) is 2.17. The molecule has 0 bridgehead atoms. The Bertz CT molecular complexity index is 336. The number of hydrogen-bond donors (Lipinski definition) is 1. The molecular weight excluding hydrogens is 280 g/mol. The van der Waals surface area contributed by atoms with Crippen molar-refractivity contribution in [3.05, 3.63) is 35.9 Å². The number of nitrogens with one attached hydrogen (secondary N) is 1. The lowest BCUT2D eigenvalue weighted by atomic mass is 10.2. The van der Waals surface area contributed by atoms with Gasteiger partial charge in [0.2, 0.25) is 3.79 Å². The minimum atomic E-state index is -1.73. The minimum Gasteiger partial charge on any atom is -0.332 e. The van der Waals surface area contributed by atoms with Crippen LogP contribution in [0, 0.1) is 0 Å². The highest BCUT2D eigenvalue weighted by molar-refractivity contribution is 6.70. The summed E-state index contributed by atoms with van der Waals surface area (Å²) in [6, 6.07) is 8.53. The molecule has 6 heteroatoms. The fourth-order valence-electron chi connectivity index (χ4n) is 0.870. The molecule has 0 heterocycles. The fourth-order valence-corrected chi connectivity index (χ4v) is 1.13. The lowest BCUT2D eigenvalue weighted by Crippen LogP contribution is -2.39. The molecule has 1 amide bonds. The van der Waals surface area contributed by atoms with Crippen LogP contribution in [0.5, 0.6) is 0 Å². The second-order valence-electron chi connectivity index (χ2n) is 2.74. The van der Waals surface area contributed by atoms with Gasteiger partial charge in [-0.3, -0.25) is 4.79 Å². The fraction of sp³-hybridized carbons (Fsp3) is 0.222. The van der Waals surface area contributed by atoms with E-state index >= 15 is 0 Å². The van der Waals surface area contributed by atoms with E-state index in [1.165, 1.54) is 0 Å². The first kappa shape index (κ1) is 12.9. The summed E-state index contributed by atoms with van der Waals surface area (Å²) in [6.07, 6.45) is 0. The Morgan fingerprint density at radius 3 is 2.20 bits per heavy atom. The van der Waals surface area contributed by atoms with Crippen LogP contribution in [-0.2, 0) is 0 Å². The molecule has 82 valence electrons. The molecule has 0 fully saturated rings. The van der Waals surface area contributed by atoms with Gasteiger partial charge in [-0.25, -0.2) is 0 Å². The number of benzene rings is 1. The van der Waals surface area contributed by atoms with Crippen LogP contribution in [-0.4, -0.2) is 15.2 Å². The first-order valence-electron chi connectivity index (χ1n) is 3.98. The van der Waals surface area contributed by atoms with Crippen molar-refractivity contribution in [3.63, 3.8) is 0 Å². The first-order chi connectivity index (χ1) is 6.91. The van der Waals surface area contributed by atoms with Crippen molar-refractivity contribution in [1.82, 2.24) is 5.32 Å². The lowest BCUT2D eigenvalue weighted by Gasteiger charge is -2.19. The lowest BCUT2D eigenvalue weighted by molar-refractivity contribution is 0.0949. The molecule has 0 radical (unpaired) electrons. The number of rotatable bonds is 2. The number of carbonyl (C=O) groups excluding carboxylic acids is 1. The van der Waals surface area contributed by atoms with Gasteiger partial charge in [-0.15, -0.1) is 0 Å². The number of carbonyl (C=O) groups is 1. The van der Waals surface area contributed by atoms with Gasteiger partial charge in [0, 0.05) is 5.56 Å². The van der Waals surface area contributed by atoms with Crippen LogP contribution in [0.1, 0.15) is 10.4 Å². The predicted octanol–water partition coefficient (Wildman–Crippen LogP) is 3.35. The Hall–Kier alpha value is -0.150. The zero-order valence-electron chi connectivity index (χ0n) is 7.38. The summed E-state index contributed by atoms with van der Waals surface area (Å²) < 4.78 is -1.73. The molecule has 1 aromatic carbocycles. The molecule has 0 saturated carbocycles. The number of halogens is 4. The van der Waals surface area contributed by atoms with E-state index in [9.17, 15) is 4.79 Å². The van der Waals surface area contributed by atoms with Crippen molar-refractivity contribution >= 4 is 52.3 Å². The van der Waals surface area contributed by atoms with E-state index in [2.05, 4.69) is 5.32 Å². The van der Waals surface area contributed by atoms with Gasteiger partial charge in [0.05, 0.1) is 0 Å². The van der Waals surface area contributed by atoms with E-state index < -0.39 is 9.29 Å². The van der Waals surface area contributed by atoms with Crippen molar-refractivity contribution < 1.29 is 4.79 Å². The summed E-state index contributed by atoms with van der Waals surface area (Å²) in [4.78, 5) is 11.5. The Morgan fingerprint density at radius 1 is 1.20 bits per heavy atom. The highest BCUT2D eigenvalue weighted by Gasteiger charge is 2.32. The summed E-state index contributed by atoms with van der Waals surface area (Å²) >= 11 is 22.2. The van der Waals surface area contributed by atoms with Crippen LogP contribution in [0.15, 0.2) is 30.3 Å². The van der Waals surface area contributed by atoms with E-state index in [1.54, 1.807) is 30.3 Å². The smallest absolute Gasteiger partial charge is 0.252 e. The molecule has 0 aliphatic carbocycles. The second-order valence-corrected chi connectivity index (χ2v) is 5.55. The van der Waals surface area contributed by atoms with E-state index in [-0.39, 0.29) is 5.91 Å². The van der Waals surface area contributed by atoms with Gasteiger partial charge in [0.1, 0.15) is 0 Å². The zero-order chi connectivity index (χ0) is 11.5. The van der Waals surface area contributed by atoms with Crippen LogP contribution >= 0.6 is 46.4 Å². The van der Waals surface area contributed by atoms with Gasteiger partial charge in [-0.2, -0.15) is 0 Å². The summed E-state index contributed by atoms with van der Waals surface area (Å²) in [6.45, 7) is 0. The van der Waals surface area contributed by atoms with E-state index in [4.69, 9.17) is 46.4 Å². The molecule has 1 rings (SSSR count). The predicted molar refractivity (Wildman–Crippen MR) is 63.8 cm³/mol. The Morgan fingerprint density at radius 2 is 1.73 bits per heavy atom. The molecule has 0 unspecified atom stereocenters. The normalized spacial score (nSPS) is 13.3. The highest BCUT2D eigenvalue weighted by Crippen LogP contribution is 2.32. The number of hydrogen-bond acceptors (Lipinski definition) is 1. The molecule has 0 spiro atoms. The minimum absolute atomic E-state index is 0.387. The molecule has 0 saturated heterocycles. The van der Waals surface area contributed by atoms with E-state index in [0.29, 0.717) is 5.56 Å². The molecule has 1 aromatic rings. The SMILES string of the molecule is O=C(N[C@H](Cl)C(Cl)(Cl)Cl)c1ccccc1. The van der Waals surface area contributed by atoms with Crippen LogP contribution in [0.4, 0.5) is 0 Å². The van der Waals surface area contributed by atoms with Gasteiger partial charge < -0.3 is 5.32 Å². The standard InChI is InChI=1S/C9H7Cl4NO/c10-8(9(11,12)13)14-7(15)6-4-2-1-3-5-6/h1-5,8H,(H,14,15)/t8-/m0/s1. The third-order valence-electron chi connectivity index (χ3n) is 1.58. The van der Waals surface area contributed by atoms with Crippen LogP contribution < -0.4 is 5.32 Å². The summed E-state index contributed by atoms with van der Waals surface area (Å²) in [5, 5.41) is 2.37. The van der Waals surface area contributed by atoms with Gasteiger partial charge in [0.25, 0.3) is 5.91 Å². The Kier molecular flexibility index (Phi) is 4.53. The quantitative estimate of drug-likeness (QED) is 0.656. The van der Waals surface area contributed by atoms with Crippen LogP contribution in [0.2, 0.25) is 0 Å². The van der Waals surface area contributed by atoms with E-state index in [0.717, 1.165) is 0 Å². The van der Waals surface area contributed by atoms with Crippen molar-refractivity contribution in [3.8, 4) is 0 Å². The van der Waals surface area contributed by atoms with Gasteiger partial charge >= 0.3 is 0 Å². The maximum Gasteiger partial charge on any atom is 0.252 e. The summed E-state index contributed by atoms with van der Waals surface area (Å²) in [5.74, 6) is -0.387. The topological polar surface area (TPSA) is 29.1 Å². The second kappa shape index (κ2) is 5.26. The van der Waals surface area contributed by atoms with Crippen molar-refractivity contribution in [2.24, 2.45) is 0 Å². The van der Waals surface area contributed by atoms with Crippen molar-refractivity contribution in [2.45, 2.75) is 9.29 Å². The first-order valence-corrected chi connectivity index (χ1v) is 5.55. The largest absolute Gasteiger partial charge is 0.332 e. The summed E-state index contributed by atoms with van der Waals surface area (Å²) in [7, 11) is 0. The molecule has 2 nitrogen and oxygen atoms in total. The molecule has 0 aliphatic heterocycles. The van der Waals surface area contributed by atoms with Gasteiger partial charge in [0.15, 0.2) is 5.50 Å². The van der Waals surface area contributed by atoms with Crippen molar-refractivity contribution in [1.29, 1.82) is 0 Å². The average molecular weight is 287 g/mol. The molecule has 0 aromatic heterocycles. The monoisotopic (exact) mass is 285 g/mol. The Balaban J connectivity index is 2.65. The molecule has 0 aliphatic rings. The van der Waals surface area contributed by atoms with Crippen LogP contribution in [0.3, 0.4) is 0 Å². The van der Waals surface area contributed by atoms with Gasteiger partial charge in [-0.1, -0.05) is 64.6 Å². The maximum atomic E-state index is 11.5. The number of amides is 1. The third kappa shape index (κ3) is 4.07. The van der Waals surface area contributed by atoms with Crippen molar-refractivity contribution in [2.75, 3.05) is 0 Å². The number of alkyl halides is 4. The molecular formula is C9H7Cl4NO. The zero-order valence-corrected chi connectivity index (χ0v) is 10.4.